The zero-order chi connectivity index (χ0) is 13.0. The zero-order valence-electron chi connectivity index (χ0n) is 9.74. The van der Waals surface area contributed by atoms with Crippen LogP contribution >= 0.6 is 27.3 Å². The van der Waals surface area contributed by atoms with Gasteiger partial charge in [0.2, 0.25) is 0 Å². The lowest BCUT2D eigenvalue weighted by molar-refractivity contribution is 0.0946. The molecule has 2 rings (SSSR count). The Hall–Kier alpha value is -1.40. The van der Waals surface area contributed by atoms with Crippen LogP contribution in [0.4, 0.5) is 5.82 Å². The van der Waals surface area contributed by atoms with Gasteiger partial charge in [0.25, 0.3) is 5.91 Å². The second-order valence-electron chi connectivity index (χ2n) is 3.53. The van der Waals surface area contributed by atoms with Crippen LogP contribution in [-0.4, -0.2) is 17.9 Å². The minimum atomic E-state index is -0.174. The van der Waals surface area contributed by atoms with Crippen molar-refractivity contribution in [2.24, 2.45) is 0 Å². The third-order valence-corrected chi connectivity index (χ3v) is 4.26. The normalized spacial score (nSPS) is 10.1. The summed E-state index contributed by atoms with van der Waals surface area (Å²) in [5, 5.41) is 7.73. The van der Waals surface area contributed by atoms with E-state index < -0.39 is 0 Å². The van der Waals surface area contributed by atoms with E-state index in [1.54, 1.807) is 30.5 Å². The van der Waals surface area contributed by atoms with E-state index in [2.05, 4.69) is 31.5 Å². The number of rotatable bonds is 4. The van der Waals surface area contributed by atoms with Crippen molar-refractivity contribution in [3.63, 3.8) is 0 Å². The Morgan fingerprint density at radius 2 is 2.28 bits per heavy atom. The number of carbonyl (C=O) groups excluding carboxylic acids is 1. The standard InChI is InChI=1S/C12H12BrN3OS/c1-14-11-4-2-3-9(16-11)12(17)15-7-10-8(13)5-6-18-10/h2-6H,7H2,1H3,(H,14,16)(H,15,17). The summed E-state index contributed by atoms with van der Waals surface area (Å²) in [6, 6.07) is 7.27. The van der Waals surface area contributed by atoms with Gasteiger partial charge in [0.05, 0.1) is 6.54 Å². The number of nitrogens with zero attached hydrogens (tertiary/aromatic N) is 1. The molecule has 0 bridgehead atoms. The highest BCUT2D eigenvalue weighted by Gasteiger charge is 2.09. The molecular weight excluding hydrogens is 314 g/mol. The zero-order valence-corrected chi connectivity index (χ0v) is 12.1. The molecule has 2 aromatic rings. The minimum absolute atomic E-state index is 0.174. The van der Waals surface area contributed by atoms with Crippen LogP contribution < -0.4 is 10.6 Å². The molecule has 94 valence electrons. The molecule has 0 spiro atoms. The Morgan fingerprint density at radius 1 is 1.44 bits per heavy atom. The first-order valence-electron chi connectivity index (χ1n) is 5.35. The summed E-state index contributed by atoms with van der Waals surface area (Å²) in [5.74, 6) is 0.507. The third-order valence-electron chi connectivity index (χ3n) is 2.34. The largest absolute Gasteiger partial charge is 0.373 e. The number of pyridine rings is 1. The van der Waals surface area contributed by atoms with E-state index in [0.29, 0.717) is 18.1 Å². The highest BCUT2D eigenvalue weighted by molar-refractivity contribution is 9.10. The predicted octanol–water partition coefficient (Wildman–Crippen LogP) is 2.88. The lowest BCUT2D eigenvalue weighted by atomic mass is 10.3. The molecule has 4 nitrogen and oxygen atoms in total. The molecule has 0 aliphatic heterocycles. The van der Waals surface area contributed by atoms with Crippen molar-refractivity contribution in [3.05, 3.63) is 44.7 Å². The monoisotopic (exact) mass is 325 g/mol. The number of anilines is 1. The molecule has 0 radical (unpaired) electrons. The van der Waals surface area contributed by atoms with Crippen LogP contribution in [0.3, 0.4) is 0 Å². The van der Waals surface area contributed by atoms with E-state index in [9.17, 15) is 4.79 Å². The van der Waals surface area contributed by atoms with Gasteiger partial charge in [-0.1, -0.05) is 6.07 Å². The maximum atomic E-state index is 11.9. The van der Waals surface area contributed by atoms with Gasteiger partial charge in [-0.2, -0.15) is 0 Å². The molecule has 0 saturated heterocycles. The number of carbonyl (C=O) groups is 1. The van der Waals surface area contributed by atoms with E-state index in [1.165, 1.54) is 0 Å². The Labute approximate surface area is 118 Å². The molecule has 0 saturated carbocycles. The fraction of sp³-hybridized carbons (Fsp3) is 0.167. The van der Waals surface area contributed by atoms with Crippen LogP contribution in [0.2, 0.25) is 0 Å². The van der Waals surface area contributed by atoms with Crippen molar-refractivity contribution in [2.45, 2.75) is 6.54 Å². The number of thiophene rings is 1. The molecule has 0 unspecified atom stereocenters. The number of hydrogen-bond acceptors (Lipinski definition) is 4. The van der Waals surface area contributed by atoms with E-state index in [-0.39, 0.29) is 5.91 Å². The molecule has 18 heavy (non-hydrogen) atoms. The van der Waals surface area contributed by atoms with Gasteiger partial charge in [-0.3, -0.25) is 4.79 Å². The number of nitrogens with one attached hydrogen (secondary N) is 2. The van der Waals surface area contributed by atoms with Gasteiger partial charge in [0.1, 0.15) is 11.5 Å². The average molecular weight is 326 g/mol. The highest BCUT2D eigenvalue weighted by atomic mass is 79.9. The Morgan fingerprint density at radius 3 is 2.94 bits per heavy atom. The summed E-state index contributed by atoms with van der Waals surface area (Å²) in [7, 11) is 1.77. The fourth-order valence-corrected chi connectivity index (χ4v) is 2.83. The van der Waals surface area contributed by atoms with Crippen LogP contribution in [0.5, 0.6) is 0 Å². The lowest BCUT2D eigenvalue weighted by Crippen LogP contribution is -2.23. The fourth-order valence-electron chi connectivity index (χ4n) is 1.40. The van der Waals surface area contributed by atoms with Gasteiger partial charge in [0.15, 0.2) is 0 Å². The second-order valence-corrected chi connectivity index (χ2v) is 5.39. The molecule has 1 amide bonds. The molecule has 2 heterocycles. The smallest absolute Gasteiger partial charge is 0.270 e. The number of halogens is 1. The molecule has 6 heteroatoms. The van der Waals surface area contributed by atoms with E-state index in [0.717, 1.165) is 9.35 Å². The number of aromatic nitrogens is 1. The summed E-state index contributed by atoms with van der Waals surface area (Å²) in [6.45, 7) is 0.503. The van der Waals surface area contributed by atoms with Crippen LogP contribution in [-0.2, 0) is 6.54 Å². The number of hydrogen-bond donors (Lipinski definition) is 2. The maximum Gasteiger partial charge on any atom is 0.270 e. The van der Waals surface area contributed by atoms with Crippen LogP contribution in [0, 0.1) is 0 Å². The van der Waals surface area contributed by atoms with Gasteiger partial charge in [-0.15, -0.1) is 11.3 Å². The highest BCUT2D eigenvalue weighted by Crippen LogP contribution is 2.22. The SMILES string of the molecule is CNc1cccc(C(=O)NCc2sccc2Br)n1. The first-order chi connectivity index (χ1) is 8.70. The van der Waals surface area contributed by atoms with Gasteiger partial charge in [-0.25, -0.2) is 4.98 Å². The molecule has 2 N–H and O–H groups in total. The Kier molecular flexibility index (Phi) is 4.33. The lowest BCUT2D eigenvalue weighted by Gasteiger charge is -2.05. The number of amides is 1. The quantitative estimate of drug-likeness (QED) is 0.908. The van der Waals surface area contributed by atoms with Crippen molar-refractivity contribution in [3.8, 4) is 0 Å². The predicted molar refractivity (Wildman–Crippen MR) is 77.0 cm³/mol. The summed E-state index contributed by atoms with van der Waals surface area (Å²) in [6.07, 6.45) is 0. The topological polar surface area (TPSA) is 54.0 Å². The summed E-state index contributed by atoms with van der Waals surface area (Å²) in [4.78, 5) is 17.2. The van der Waals surface area contributed by atoms with Gasteiger partial charge in [-0.05, 0) is 39.5 Å². The second kappa shape index (κ2) is 5.97. The molecule has 0 aromatic carbocycles. The van der Waals surface area contributed by atoms with Crippen LogP contribution in [0.25, 0.3) is 0 Å². The van der Waals surface area contributed by atoms with E-state index >= 15 is 0 Å². The average Bonchev–Trinajstić information content (AvgIpc) is 2.81. The Balaban J connectivity index is 2.01. The van der Waals surface area contributed by atoms with Crippen molar-refractivity contribution in [1.29, 1.82) is 0 Å². The van der Waals surface area contributed by atoms with Gasteiger partial charge < -0.3 is 10.6 Å². The summed E-state index contributed by atoms with van der Waals surface area (Å²) in [5.41, 5.74) is 0.412. The first kappa shape index (κ1) is 13.0. The van der Waals surface area contributed by atoms with Crippen LogP contribution in [0.1, 0.15) is 15.4 Å². The van der Waals surface area contributed by atoms with Gasteiger partial charge in [0, 0.05) is 16.4 Å². The van der Waals surface area contributed by atoms with E-state index in [4.69, 9.17) is 0 Å². The molecule has 0 fully saturated rings. The van der Waals surface area contributed by atoms with Crippen molar-refractivity contribution in [1.82, 2.24) is 10.3 Å². The molecule has 2 aromatic heterocycles. The minimum Gasteiger partial charge on any atom is -0.373 e. The molecule has 0 aliphatic carbocycles. The first-order valence-corrected chi connectivity index (χ1v) is 7.03. The van der Waals surface area contributed by atoms with E-state index in [1.807, 2.05) is 17.5 Å². The van der Waals surface area contributed by atoms with Crippen molar-refractivity contribution in [2.75, 3.05) is 12.4 Å². The van der Waals surface area contributed by atoms with Gasteiger partial charge >= 0.3 is 0 Å². The molecular formula is C12H12BrN3OS. The van der Waals surface area contributed by atoms with Crippen LogP contribution in [0.15, 0.2) is 34.1 Å². The van der Waals surface area contributed by atoms with Crippen molar-refractivity contribution >= 4 is 39.0 Å². The van der Waals surface area contributed by atoms with Crippen molar-refractivity contribution < 1.29 is 4.79 Å². The molecule has 0 aliphatic rings. The molecule has 0 atom stereocenters. The maximum absolute atomic E-state index is 11.9. The summed E-state index contributed by atoms with van der Waals surface area (Å²) < 4.78 is 1.02. The third kappa shape index (κ3) is 3.08. The Bertz CT molecular complexity index is 556. The summed E-state index contributed by atoms with van der Waals surface area (Å²) >= 11 is 5.03.